The van der Waals surface area contributed by atoms with Gasteiger partial charge >= 0.3 is 11.9 Å². The zero-order valence-corrected chi connectivity index (χ0v) is 12.0. The molecular formula is C14H28N2O6. The number of amides is 1. The monoisotopic (exact) mass is 320 g/mol. The van der Waals surface area contributed by atoms with Gasteiger partial charge in [0.15, 0.2) is 0 Å². The third-order valence-corrected chi connectivity index (χ3v) is 2.33. The van der Waals surface area contributed by atoms with Crippen molar-refractivity contribution in [3.8, 4) is 0 Å². The summed E-state index contributed by atoms with van der Waals surface area (Å²) in [6.45, 7) is 3.73. The average molecular weight is 320 g/mol. The Bertz CT molecular complexity index is 384. The summed E-state index contributed by atoms with van der Waals surface area (Å²) in [6, 6.07) is -1.44. The van der Waals surface area contributed by atoms with Gasteiger partial charge in [-0.1, -0.05) is 14.9 Å². The summed E-state index contributed by atoms with van der Waals surface area (Å²) >= 11 is 0. The molecule has 0 aliphatic heterocycles. The van der Waals surface area contributed by atoms with E-state index in [1.54, 1.807) is 14.0 Å². The molecule has 0 rings (SSSR count). The highest BCUT2D eigenvalue weighted by molar-refractivity contribution is 5.98. The molecule has 0 saturated heterocycles. The van der Waals surface area contributed by atoms with Crippen molar-refractivity contribution in [1.82, 2.24) is 10.6 Å². The van der Waals surface area contributed by atoms with E-state index in [0.717, 1.165) is 0 Å². The predicted molar refractivity (Wildman–Crippen MR) is 81.9 cm³/mol. The van der Waals surface area contributed by atoms with Crippen LogP contribution in [0.2, 0.25) is 0 Å². The van der Waals surface area contributed by atoms with E-state index in [1.807, 2.05) is 0 Å². The number of likely N-dealkylation sites (N-methyl/N-ethyl adjacent to an activating group) is 1. The molecule has 0 bridgehead atoms. The van der Waals surface area contributed by atoms with E-state index in [1.165, 1.54) is 13.8 Å². The van der Waals surface area contributed by atoms with Crippen LogP contribution in [0.15, 0.2) is 0 Å². The molecule has 0 aromatic rings. The SMILES string of the molecule is C.C.CNC(C)C(=O)OCOC(=O)C(C)NC(=O)CC(C)=O. The van der Waals surface area contributed by atoms with Crippen LogP contribution in [0.3, 0.4) is 0 Å². The molecule has 0 fully saturated rings. The first-order valence-electron chi connectivity index (χ1n) is 6.07. The second-order valence-corrected chi connectivity index (χ2v) is 4.22. The average Bonchev–Trinajstić information content (AvgIpc) is 2.36. The predicted octanol–water partition coefficient (Wildman–Crippen LogP) is 0.394. The number of hydrogen-bond donors (Lipinski definition) is 2. The Balaban J connectivity index is -0.00000180. The number of hydrogen-bond acceptors (Lipinski definition) is 7. The lowest BCUT2D eigenvalue weighted by atomic mass is 10.2. The molecule has 0 spiro atoms. The van der Waals surface area contributed by atoms with Crippen molar-refractivity contribution < 1.29 is 28.7 Å². The van der Waals surface area contributed by atoms with Gasteiger partial charge in [0, 0.05) is 0 Å². The highest BCUT2D eigenvalue weighted by Crippen LogP contribution is 1.93. The number of ketones is 1. The number of esters is 2. The highest BCUT2D eigenvalue weighted by Gasteiger charge is 2.19. The molecule has 0 aliphatic rings. The van der Waals surface area contributed by atoms with Crippen molar-refractivity contribution in [2.75, 3.05) is 13.8 Å². The first-order chi connectivity index (χ1) is 9.27. The molecule has 130 valence electrons. The lowest BCUT2D eigenvalue weighted by Gasteiger charge is -2.14. The molecule has 8 nitrogen and oxygen atoms in total. The Morgan fingerprint density at radius 1 is 0.955 bits per heavy atom. The maximum atomic E-state index is 11.5. The Kier molecular flexibility index (Phi) is 14.5. The van der Waals surface area contributed by atoms with E-state index in [9.17, 15) is 19.2 Å². The van der Waals surface area contributed by atoms with E-state index in [4.69, 9.17) is 0 Å². The van der Waals surface area contributed by atoms with Crippen molar-refractivity contribution in [1.29, 1.82) is 0 Å². The zero-order valence-electron chi connectivity index (χ0n) is 12.0. The summed E-state index contributed by atoms with van der Waals surface area (Å²) in [5.41, 5.74) is 0. The number of carbonyl (C=O) groups is 4. The van der Waals surface area contributed by atoms with Gasteiger partial charge in [-0.15, -0.1) is 0 Å². The molecule has 0 radical (unpaired) electrons. The molecule has 22 heavy (non-hydrogen) atoms. The molecule has 0 aromatic heterocycles. The fourth-order valence-electron chi connectivity index (χ4n) is 1.09. The lowest BCUT2D eigenvalue weighted by molar-refractivity contribution is -0.170. The molecule has 0 aliphatic carbocycles. The van der Waals surface area contributed by atoms with Crippen LogP contribution in [0.1, 0.15) is 42.0 Å². The number of rotatable bonds is 8. The fraction of sp³-hybridized carbons (Fsp3) is 0.714. The summed E-state index contributed by atoms with van der Waals surface area (Å²) in [5.74, 6) is -2.19. The van der Waals surface area contributed by atoms with Gasteiger partial charge in [-0.25, -0.2) is 4.79 Å². The van der Waals surface area contributed by atoms with Gasteiger partial charge in [0.25, 0.3) is 0 Å². The molecule has 1 amide bonds. The third-order valence-electron chi connectivity index (χ3n) is 2.33. The van der Waals surface area contributed by atoms with Gasteiger partial charge < -0.3 is 20.1 Å². The van der Waals surface area contributed by atoms with Crippen molar-refractivity contribution >= 4 is 23.6 Å². The van der Waals surface area contributed by atoms with Crippen LogP contribution in [0.5, 0.6) is 0 Å². The quantitative estimate of drug-likeness (QED) is 0.378. The molecule has 2 atom stereocenters. The maximum Gasteiger partial charge on any atom is 0.331 e. The molecule has 8 heteroatoms. The number of Topliss-reactive ketones (excluding diaryl/α,β-unsaturated/α-hetero) is 1. The van der Waals surface area contributed by atoms with E-state index in [-0.39, 0.29) is 27.1 Å². The number of ether oxygens (including phenoxy) is 2. The van der Waals surface area contributed by atoms with Gasteiger partial charge in [-0.2, -0.15) is 0 Å². The van der Waals surface area contributed by atoms with Crippen molar-refractivity contribution in [3.63, 3.8) is 0 Å². The van der Waals surface area contributed by atoms with Crippen molar-refractivity contribution in [2.45, 2.75) is 54.1 Å². The Morgan fingerprint density at radius 3 is 1.82 bits per heavy atom. The van der Waals surface area contributed by atoms with Crippen LogP contribution >= 0.6 is 0 Å². The normalized spacial score (nSPS) is 11.8. The first kappa shape index (κ1) is 25.0. The topological polar surface area (TPSA) is 111 Å². The summed E-state index contributed by atoms with van der Waals surface area (Å²) in [6.07, 6.45) is -0.299. The Morgan fingerprint density at radius 2 is 1.41 bits per heavy atom. The van der Waals surface area contributed by atoms with E-state index < -0.39 is 36.7 Å². The van der Waals surface area contributed by atoms with Crippen LogP contribution < -0.4 is 10.6 Å². The van der Waals surface area contributed by atoms with E-state index in [2.05, 4.69) is 20.1 Å². The largest absolute Gasteiger partial charge is 0.427 e. The van der Waals surface area contributed by atoms with Gasteiger partial charge in [-0.05, 0) is 27.8 Å². The summed E-state index contributed by atoms with van der Waals surface area (Å²) in [7, 11) is 1.59. The zero-order chi connectivity index (χ0) is 15.7. The van der Waals surface area contributed by atoms with Crippen LogP contribution in [-0.2, 0) is 28.7 Å². The van der Waals surface area contributed by atoms with Crippen molar-refractivity contribution in [2.24, 2.45) is 0 Å². The molecule has 2 N–H and O–H groups in total. The van der Waals surface area contributed by atoms with Crippen molar-refractivity contribution in [3.05, 3.63) is 0 Å². The van der Waals surface area contributed by atoms with Gasteiger partial charge in [0.1, 0.15) is 17.9 Å². The van der Waals surface area contributed by atoms with Crippen LogP contribution in [0.4, 0.5) is 0 Å². The minimum Gasteiger partial charge on any atom is -0.427 e. The lowest BCUT2D eigenvalue weighted by Crippen LogP contribution is -2.40. The summed E-state index contributed by atoms with van der Waals surface area (Å²) in [5, 5.41) is 4.96. The van der Waals surface area contributed by atoms with E-state index in [0.29, 0.717) is 0 Å². The number of carbonyl (C=O) groups excluding carboxylic acids is 4. The minimum atomic E-state index is -0.928. The molecule has 0 heterocycles. The van der Waals surface area contributed by atoms with Gasteiger partial charge in [-0.3, -0.25) is 14.4 Å². The summed E-state index contributed by atoms with van der Waals surface area (Å²) in [4.78, 5) is 44.6. The van der Waals surface area contributed by atoms with Gasteiger partial charge in [0.05, 0.1) is 6.42 Å². The second-order valence-electron chi connectivity index (χ2n) is 4.22. The van der Waals surface area contributed by atoms with Crippen LogP contribution in [0.25, 0.3) is 0 Å². The molecule has 0 aromatic carbocycles. The molecular weight excluding hydrogens is 292 g/mol. The molecule has 0 saturated carbocycles. The third kappa shape index (κ3) is 10.8. The fourth-order valence-corrected chi connectivity index (χ4v) is 1.09. The van der Waals surface area contributed by atoms with Crippen LogP contribution in [-0.4, -0.2) is 49.6 Å². The summed E-state index contributed by atoms with van der Waals surface area (Å²) < 4.78 is 9.34. The number of nitrogens with one attached hydrogen (secondary N) is 2. The minimum absolute atomic E-state index is 0. The van der Waals surface area contributed by atoms with Gasteiger partial charge in [0.2, 0.25) is 12.7 Å². The smallest absolute Gasteiger partial charge is 0.331 e. The standard InChI is InChI=1S/C12H20N2O6.2CH4/c1-7(15)5-10(16)14-9(3)12(18)20-6-19-11(17)8(2)13-4;;/h8-9,13H,5-6H2,1-4H3,(H,14,16);2*1H4. The van der Waals surface area contributed by atoms with E-state index >= 15 is 0 Å². The Labute approximate surface area is 131 Å². The maximum absolute atomic E-state index is 11.5. The second kappa shape index (κ2) is 12.8. The van der Waals surface area contributed by atoms with Crippen LogP contribution in [0, 0.1) is 0 Å². The molecule has 2 unspecified atom stereocenters. The Hall–Kier alpha value is -1.96. The highest BCUT2D eigenvalue weighted by atomic mass is 16.7. The first-order valence-corrected chi connectivity index (χ1v) is 6.07.